The molecule has 178 valence electrons. The molecule has 0 radical (unpaired) electrons. The summed E-state index contributed by atoms with van der Waals surface area (Å²) in [6, 6.07) is 10.9. The molecule has 2 N–H and O–H groups in total. The number of nitrogens with zero attached hydrogens (tertiary/aromatic N) is 1. The minimum absolute atomic E-state index is 0.0930. The van der Waals surface area contributed by atoms with Crippen molar-refractivity contribution in [3.63, 3.8) is 0 Å². The molecular formula is C24H30FN3O4S. The third-order valence-corrected chi connectivity index (χ3v) is 8.08. The summed E-state index contributed by atoms with van der Waals surface area (Å²) in [5.41, 5.74) is 2.31. The van der Waals surface area contributed by atoms with Gasteiger partial charge in [0, 0.05) is 25.7 Å². The van der Waals surface area contributed by atoms with Crippen molar-refractivity contribution in [2.45, 2.75) is 57.0 Å². The third kappa shape index (κ3) is 6.17. The summed E-state index contributed by atoms with van der Waals surface area (Å²) in [6.07, 6.45) is 2.67. The van der Waals surface area contributed by atoms with Gasteiger partial charge in [-0.2, -0.15) is 4.31 Å². The molecule has 0 spiro atoms. The van der Waals surface area contributed by atoms with Crippen molar-refractivity contribution in [1.82, 2.24) is 14.9 Å². The van der Waals surface area contributed by atoms with Gasteiger partial charge in [0.1, 0.15) is 5.82 Å². The topological polar surface area (TPSA) is 95.6 Å². The van der Waals surface area contributed by atoms with Gasteiger partial charge in [0.25, 0.3) is 0 Å². The molecule has 0 aliphatic carbocycles. The lowest BCUT2D eigenvalue weighted by Gasteiger charge is -2.35. The number of hydrogen-bond acceptors (Lipinski definition) is 4. The molecule has 0 unspecified atom stereocenters. The highest BCUT2D eigenvalue weighted by molar-refractivity contribution is 7.89. The van der Waals surface area contributed by atoms with Crippen molar-refractivity contribution in [1.29, 1.82) is 0 Å². The van der Waals surface area contributed by atoms with Crippen LogP contribution in [0, 0.1) is 19.7 Å². The van der Waals surface area contributed by atoms with Crippen LogP contribution in [0.15, 0.2) is 47.4 Å². The Morgan fingerprint density at radius 1 is 1.03 bits per heavy atom. The van der Waals surface area contributed by atoms with Crippen LogP contribution in [-0.4, -0.2) is 43.7 Å². The summed E-state index contributed by atoms with van der Waals surface area (Å²) in [5, 5.41) is 5.19. The number of benzene rings is 2. The molecule has 2 aromatic rings. The number of halogens is 1. The largest absolute Gasteiger partial charge is 0.348 e. The van der Waals surface area contributed by atoms with E-state index in [4.69, 9.17) is 0 Å². The first-order valence-electron chi connectivity index (χ1n) is 11.1. The highest BCUT2D eigenvalue weighted by Crippen LogP contribution is 2.28. The van der Waals surface area contributed by atoms with E-state index >= 15 is 0 Å². The number of nitrogens with one attached hydrogen (secondary N) is 2. The maximum absolute atomic E-state index is 13.5. The first-order chi connectivity index (χ1) is 15.7. The second-order valence-corrected chi connectivity index (χ2v) is 10.2. The van der Waals surface area contributed by atoms with Crippen LogP contribution >= 0.6 is 0 Å². The molecule has 1 fully saturated rings. The van der Waals surface area contributed by atoms with Crippen molar-refractivity contribution < 1.29 is 22.4 Å². The fourth-order valence-electron chi connectivity index (χ4n) is 4.10. The van der Waals surface area contributed by atoms with Gasteiger partial charge in [-0.25, -0.2) is 12.8 Å². The van der Waals surface area contributed by atoms with Gasteiger partial charge in [-0.3, -0.25) is 9.59 Å². The van der Waals surface area contributed by atoms with E-state index in [1.807, 2.05) is 31.2 Å². The quantitative estimate of drug-likeness (QED) is 0.602. The average molecular weight is 476 g/mol. The fourth-order valence-corrected chi connectivity index (χ4v) is 6.04. The normalized spacial score (nSPS) is 16.9. The van der Waals surface area contributed by atoms with E-state index < -0.39 is 27.7 Å². The lowest BCUT2D eigenvalue weighted by atomic mass is 10.0. The summed E-state index contributed by atoms with van der Waals surface area (Å²) < 4.78 is 41.4. The Balaban J connectivity index is 1.56. The Bertz CT molecular complexity index is 1120. The summed E-state index contributed by atoms with van der Waals surface area (Å²) in [7, 11) is -3.79. The monoisotopic (exact) mass is 475 g/mol. The number of piperidine rings is 1. The number of amides is 2. The number of hydrogen-bond donors (Lipinski definition) is 2. The highest BCUT2D eigenvalue weighted by Gasteiger charge is 2.34. The SMILES string of the molecule is Cc1ccccc1CNC(=O)C(=O)NCC[C@H]1CCCCN1S(=O)(=O)c1ccc(F)cc1C. The third-order valence-electron chi connectivity index (χ3n) is 5.97. The predicted molar refractivity (Wildman–Crippen MR) is 123 cm³/mol. The lowest BCUT2D eigenvalue weighted by molar-refractivity contribution is -0.139. The van der Waals surface area contributed by atoms with Gasteiger partial charge >= 0.3 is 11.8 Å². The van der Waals surface area contributed by atoms with Crippen LogP contribution in [0.4, 0.5) is 4.39 Å². The number of carbonyl (C=O) groups is 2. The minimum atomic E-state index is -3.79. The summed E-state index contributed by atoms with van der Waals surface area (Å²) >= 11 is 0. The van der Waals surface area contributed by atoms with E-state index in [0.717, 1.165) is 30.0 Å². The van der Waals surface area contributed by atoms with Crippen LogP contribution in [0.1, 0.15) is 42.4 Å². The van der Waals surface area contributed by atoms with Gasteiger partial charge in [0.15, 0.2) is 0 Å². The average Bonchev–Trinajstić information content (AvgIpc) is 2.78. The van der Waals surface area contributed by atoms with Gasteiger partial charge in [0.05, 0.1) is 4.90 Å². The first-order valence-corrected chi connectivity index (χ1v) is 12.5. The molecule has 3 rings (SSSR count). The molecule has 1 aliphatic heterocycles. The van der Waals surface area contributed by atoms with Crippen molar-refractivity contribution >= 4 is 21.8 Å². The minimum Gasteiger partial charge on any atom is -0.348 e. The Morgan fingerprint density at radius 3 is 2.48 bits per heavy atom. The number of sulfonamides is 1. The van der Waals surface area contributed by atoms with Crippen LogP contribution in [0.25, 0.3) is 0 Å². The van der Waals surface area contributed by atoms with Crippen LogP contribution in [0.5, 0.6) is 0 Å². The van der Waals surface area contributed by atoms with Gasteiger partial charge < -0.3 is 10.6 Å². The zero-order valence-corrected chi connectivity index (χ0v) is 19.8. The van der Waals surface area contributed by atoms with E-state index in [1.165, 1.54) is 16.4 Å². The van der Waals surface area contributed by atoms with Gasteiger partial charge in [-0.15, -0.1) is 0 Å². The number of rotatable bonds is 7. The lowest BCUT2D eigenvalue weighted by Crippen LogP contribution is -2.46. The molecule has 0 saturated carbocycles. The van der Waals surface area contributed by atoms with E-state index in [0.29, 0.717) is 24.9 Å². The van der Waals surface area contributed by atoms with Crippen LogP contribution in [0.3, 0.4) is 0 Å². The van der Waals surface area contributed by atoms with E-state index in [9.17, 15) is 22.4 Å². The molecule has 2 aromatic carbocycles. The number of carbonyl (C=O) groups excluding carboxylic acids is 2. The van der Waals surface area contributed by atoms with E-state index in [2.05, 4.69) is 10.6 Å². The molecule has 2 amide bonds. The van der Waals surface area contributed by atoms with Gasteiger partial charge in [0.2, 0.25) is 10.0 Å². The second kappa shape index (κ2) is 10.9. The van der Waals surface area contributed by atoms with E-state index in [1.54, 1.807) is 6.92 Å². The molecule has 1 atom stereocenters. The zero-order chi connectivity index (χ0) is 24.0. The fraction of sp³-hybridized carbons (Fsp3) is 0.417. The molecule has 33 heavy (non-hydrogen) atoms. The van der Waals surface area contributed by atoms with Crippen molar-refractivity contribution in [2.75, 3.05) is 13.1 Å². The molecular weight excluding hydrogens is 445 g/mol. The Hall–Kier alpha value is -2.78. The molecule has 1 saturated heterocycles. The predicted octanol–water partition coefficient (Wildman–Crippen LogP) is 2.81. The number of aryl methyl sites for hydroxylation is 2. The standard InChI is InChI=1S/C24H30FN3O4S/c1-17-7-3-4-8-19(17)16-27-24(30)23(29)26-13-12-21-9-5-6-14-28(21)33(31,32)22-11-10-20(25)15-18(22)2/h3-4,7-8,10-11,15,21H,5-6,9,12-14,16H2,1-2H3,(H,26,29)(H,27,30)/t21-/m1/s1. The van der Waals surface area contributed by atoms with Gasteiger partial charge in [-0.05, 0) is 68.0 Å². The molecule has 0 aromatic heterocycles. The molecule has 1 aliphatic rings. The zero-order valence-electron chi connectivity index (χ0n) is 18.9. The Morgan fingerprint density at radius 2 is 1.76 bits per heavy atom. The van der Waals surface area contributed by atoms with Crippen LogP contribution in [-0.2, 0) is 26.2 Å². The van der Waals surface area contributed by atoms with Gasteiger partial charge in [-0.1, -0.05) is 30.7 Å². The van der Waals surface area contributed by atoms with Crippen molar-refractivity contribution in [3.8, 4) is 0 Å². The highest BCUT2D eigenvalue weighted by atomic mass is 32.2. The summed E-state index contributed by atoms with van der Waals surface area (Å²) in [6.45, 7) is 4.30. The second-order valence-electron chi connectivity index (χ2n) is 8.33. The maximum Gasteiger partial charge on any atom is 0.309 e. The summed E-state index contributed by atoms with van der Waals surface area (Å²) in [5.74, 6) is -1.96. The Kier molecular flexibility index (Phi) is 8.20. The summed E-state index contributed by atoms with van der Waals surface area (Å²) in [4.78, 5) is 24.4. The smallest absolute Gasteiger partial charge is 0.309 e. The molecule has 7 nitrogen and oxygen atoms in total. The molecule has 0 bridgehead atoms. The first kappa shape index (κ1) is 24.9. The van der Waals surface area contributed by atoms with Crippen molar-refractivity contribution in [2.24, 2.45) is 0 Å². The van der Waals surface area contributed by atoms with Crippen molar-refractivity contribution in [3.05, 3.63) is 65.0 Å². The van der Waals surface area contributed by atoms with Crippen LogP contribution < -0.4 is 10.6 Å². The van der Waals surface area contributed by atoms with E-state index in [-0.39, 0.29) is 24.0 Å². The maximum atomic E-state index is 13.5. The molecule has 9 heteroatoms. The van der Waals surface area contributed by atoms with Crippen LogP contribution in [0.2, 0.25) is 0 Å². The molecule has 1 heterocycles. The Labute approximate surface area is 194 Å².